The molecule has 0 amide bonds. The summed E-state index contributed by atoms with van der Waals surface area (Å²) in [5.74, 6) is 1.69. The molecular weight excluding hydrogens is 276 g/mol. The lowest BCUT2D eigenvalue weighted by molar-refractivity contribution is 0.0213. The summed E-state index contributed by atoms with van der Waals surface area (Å²) in [5.41, 5.74) is 8.15. The van der Waals surface area contributed by atoms with Crippen LogP contribution in [0, 0.1) is 11.8 Å². The fourth-order valence-electron chi connectivity index (χ4n) is 4.58. The monoisotopic (exact) mass is 306 g/mol. The van der Waals surface area contributed by atoms with Crippen LogP contribution in [-0.2, 0) is 13.0 Å². The summed E-state index contributed by atoms with van der Waals surface area (Å²) in [6.07, 6.45) is 8.00. The maximum absolute atomic E-state index is 6.32. The number of fused-ring (bicyclic) bond motifs is 1. The summed E-state index contributed by atoms with van der Waals surface area (Å²) >= 11 is 1.93. The van der Waals surface area contributed by atoms with E-state index in [1.54, 1.807) is 10.4 Å². The van der Waals surface area contributed by atoms with Crippen molar-refractivity contribution in [1.82, 2.24) is 4.90 Å². The Bertz CT molecular complexity index is 468. The molecule has 0 spiro atoms. The average molecular weight is 307 g/mol. The summed E-state index contributed by atoms with van der Waals surface area (Å²) in [4.78, 5) is 4.34. The third-order valence-corrected chi connectivity index (χ3v) is 6.61. The van der Waals surface area contributed by atoms with E-state index in [1.807, 2.05) is 11.3 Å². The first-order valence-corrected chi connectivity index (χ1v) is 9.51. The molecule has 118 valence electrons. The third-order valence-electron chi connectivity index (χ3n) is 5.59. The standard InChI is InChI=1S/C18H30N2S/c1-14(2)10-15-4-3-7-18(11-15,13-19)20-8-5-17-16(12-20)6-9-21-17/h6,9,14-15H,3-5,7-8,10-13,19H2,1-2H3. The Balaban J connectivity index is 1.74. The molecule has 1 aliphatic carbocycles. The van der Waals surface area contributed by atoms with E-state index >= 15 is 0 Å². The van der Waals surface area contributed by atoms with Crippen LogP contribution < -0.4 is 5.73 Å². The molecule has 2 N–H and O–H groups in total. The van der Waals surface area contributed by atoms with Gasteiger partial charge in [0, 0.05) is 30.1 Å². The molecule has 1 aromatic heterocycles. The van der Waals surface area contributed by atoms with Gasteiger partial charge in [-0.1, -0.05) is 26.7 Å². The molecular formula is C18H30N2S. The topological polar surface area (TPSA) is 29.3 Å². The fraction of sp³-hybridized carbons (Fsp3) is 0.778. The smallest absolute Gasteiger partial charge is 0.0338 e. The zero-order chi connectivity index (χ0) is 14.9. The SMILES string of the molecule is CC(C)CC1CCCC(CN)(N2CCc3sccc3C2)C1. The molecule has 21 heavy (non-hydrogen) atoms. The van der Waals surface area contributed by atoms with Crippen molar-refractivity contribution in [2.24, 2.45) is 17.6 Å². The molecule has 2 heterocycles. The number of nitrogens with two attached hydrogens (primary N) is 1. The van der Waals surface area contributed by atoms with E-state index < -0.39 is 0 Å². The van der Waals surface area contributed by atoms with Gasteiger partial charge in [-0.05, 0) is 54.5 Å². The minimum atomic E-state index is 0.275. The van der Waals surface area contributed by atoms with Gasteiger partial charge in [0.15, 0.2) is 0 Å². The Labute approximate surface area is 133 Å². The van der Waals surface area contributed by atoms with Crippen molar-refractivity contribution >= 4 is 11.3 Å². The van der Waals surface area contributed by atoms with E-state index in [0.29, 0.717) is 0 Å². The second-order valence-electron chi connectivity index (χ2n) is 7.56. The van der Waals surface area contributed by atoms with E-state index in [4.69, 9.17) is 5.73 Å². The maximum Gasteiger partial charge on any atom is 0.0338 e. The second kappa shape index (κ2) is 6.39. The molecule has 2 aliphatic rings. The van der Waals surface area contributed by atoms with Crippen LogP contribution in [-0.4, -0.2) is 23.5 Å². The van der Waals surface area contributed by atoms with Crippen LogP contribution in [0.5, 0.6) is 0 Å². The van der Waals surface area contributed by atoms with Crippen molar-refractivity contribution in [2.45, 2.75) is 64.5 Å². The molecule has 0 aromatic carbocycles. The number of thiophene rings is 1. The molecule has 2 atom stereocenters. The Morgan fingerprint density at radius 2 is 2.33 bits per heavy atom. The van der Waals surface area contributed by atoms with Crippen molar-refractivity contribution in [2.75, 3.05) is 13.1 Å². The molecule has 0 radical (unpaired) electrons. The van der Waals surface area contributed by atoms with E-state index in [-0.39, 0.29) is 5.54 Å². The van der Waals surface area contributed by atoms with Crippen LogP contribution in [0.4, 0.5) is 0 Å². The highest BCUT2D eigenvalue weighted by molar-refractivity contribution is 7.10. The van der Waals surface area contributed by atoms with Crippen LogP contribution >= 0.6 is 11.3 Å². The Morgan fingerprint density at radius 3 is 3.10 bits per heavy atom. The van der Waals surface area contributed by atoms with Crippen molar-refractivity contribution in [1.29, 1.82) is 0 Å². The Morgan fingerprint density at radius 1 is 1.48 bits per heavy atom. The molecule has 0 saturated heterocycles. The van der Waals surface area contributed by atoms with E-state index in [9.17, 15) is 0 Å². The molecule has 1 aromatic rings. The predicted molar refractivity (Wildman–Crippen MR) is 91.6 cm³/mol. The van der Waals surface area contributed by atoms with Gasteiger partial charge in [0.05, 0.1) is 0 Å². The predicted octanol–water partition coefficient (Wildman–Crippen LogP) is 4.04. The quantitative estimate of drug-likeness (QED) is 0.909. The third kappa shape index (κ3) is 3.20. The van der Waals surface area contributed by atoms with Gasteiger partial charge < -0.3 is 5.73 Å². The first-order valence-electron chi connectivity index (χ1n) is 8.63. The second-order valence-corrected chi connectivity index (χ2v) is 8.56. The largest absolute Gasteiger partial charge is 0.329 e. The Hall–Kier alpha value is -0.380. The molecule has 1 saturated carbocycles. The van der Waals surface area contributed by atoms with Gasteiger partial charge >= 0.3 is 0 Å². The van der Waals surface area contributed by atoms with Crippen molar-refractivity contribution in [3.05, 3.63) is 21.9 Å². The van der Waals surface area contributed by atoms with Crippen LogP contribution in [0.15, 0.2) is 11.4 Å². The minimum absolute atomic E-state index is 0.275. The van der Waals surface area contributed by atoms with Crippen molar-refractivity contribution in [3.63, 3.8) is 0 Å². The van der Waals surface area contributed by atoms with Gasteiger partial charge in [0.25, 0.3) is 0 Å². The highest BCUT2D eigenvalue weighted by atomic mass is 32.1. The molecule has 3 rings (SSSR count). The van der Waals surface area contributed by atoms with Crippen LogP contribution in [0.3, 0.4) is 0 Å². The number of hydrogen-bond donors (Lipinski definition) is 1. The molecule has 1 aliphatic heterocycles. The van der Waals surface area contributed by atoms with Gasteiger partial charge in [0.1, 0.15) is 0 Å². The fourth-order valence-corrected chi connectivity index (χ4v) is 5.47. The first-order chi connectivity index (χ1) is 10.1. The van der Waals surface area contributed by atoms with Gasteiger partial charge in [-0.25, -0.2) is 0 Å². The lowest BCUT2D eigenvalue weighted by atomic mass is 9.71. The highest BCUT2D eigenvalue weighted by Crippen LogP contribution is 2.41. The van der Waals surface area contributed by atoms with Gasteiger partial charge in [-0.2, -0.15) is 0 Å². The molecule has 0 bridgehead atoms. The lowest BCUT2D eigenvalue weighted by Gasteiger charge is -2.50. The number of hydrogen-bond acceptors (Lipinski definition) is 3. The summed E-state index contributed by atoms with van der Waals surface area (Å²) in [6.45, 7) is 7.89. The average Bonchev–Trinajstić information content (AvgIpc) is 2.94. The van der Waals surface area contributed by atoms with Gasteiger partial charge in [0.2, 0.25) is 0 Å². The summed E-state index contributed by atoms with van der Waals surface area (Å²) in [5, 5.41) is 2.26. The maximum atomic E-state index is 6.32. The van der Waals surface area contributed by atoms with Crippen LogP contribution in [0.2, 0.25) is 0 Å². The molecule has 3 heteroatoms. The summed E-state index contributed by atoms with van der Waals surface area (Å²) in [6, 6.07) is 2.32. The highest BCUT2D eigenvalue weighted by Gasteiger charge is 2.41. The van der Waals surface area contributed by atoms with Crippen LogP contribution in [0.1, 0.15) is 56.4 Å². The minimum Gasteiger partial charge on any atom is -0.329 e. The van der Waals surface area contributed by atoms with Gasteiger partial charge in [-0.15, -0.1) is 11.3 Å². The first kappa shape index (κ1) is 15.5. The molecule has 1 fully saturated rings. The normalized spacial score (nSPS) is 30.6. The summed E-state index contributed by atoms with van der Waals surface area (Å²) < 4.78 is 0. The van der Waals surface area contributed by atoms with E-state index in [1.165, 1.54) is 45.1 Å². The Kier molecular flexibility index (Phi) is 4.72. The van der Waals surface area contributed by atoms with Crippen molar-refractivity contribution < 1.29 is 0 Å². The van der Waals surface area contributed by atoms with Crippen LogP contribution in [0.25, 0.3) is 0 Å². The van der Waals surface area contributed by atoms with Gasteiger partial charge in [-0.3, -0.25) is 4.90 Å². The van der Waals surface area contributed by atoms with Crippen molar-refractivity contribution in [3.8, 4) is 0 Å². The lowest BCUT2D eigenvalue weighted by Crippen LogP contribution is -2.57. The number of nitrogens with zero attached hydrogens (tertiary/aromatic N) is 1. The zero-order valence-corrected chi connectivity index (χ0v) is 14.4. The molecule has 2 nitrogen and oxygen atoms in total. The van der Waals surface area contributed by atoms with E-state index in [0.717, 1.165) is 24.9 Å². The molecule has 2 unspecified atom stereocenters. The van der Waals surface area contributed by atoms with E-state index in [2.05, 4.69) is 30.2 Å². The number of rotatable bonds is 4. The summed E-state index contributed by atoms with van der Waals surface area (Å²) in [7, 11) is 0. The zero-order valence-electron chi connectivity index (χ0n) is 13.6.